The molecule has 0 unspecified atom stereocenters. The van der Waals surface area contributed by atoms with Crippen LogP contribution in [0.5, 0.6) is 0 Å². The van der Waals surface area contributed by atoms with Gasteiger partial charge in [-0.3, -0.25) is 9.11 Å². The van der Waals surface area contributed by atoms with Gasteiger partial charge in [0.1, 0.15) is 0 Å². The number of unbranched alkanes of at least 4 members (excludes halogenated alkanes) is 22. The minimum atomic E-state index is -4.67. The summed E-state index contributed by atoms with van der Waals surface area (Å²) in [6.45, 7) is 11.8. The van der Waals surface area contributed by atoms with E-state index in [-0.39, 0.29) is 0 Å². The summed E-state index contributed by atoms with van der Waals surface area (Å²) in [5.74, 6) is 0. The van der Waals surface area contributed by atoms with E-state index in [9.17, 15) is 0 Å². The molecule has 0 aliphatic rings. The van der Waals surface area contributed by atoms with Crippen molar-refractivity contribution in [3.63, 3.8) is 0 Å². The lowest BCUT2D eigenvalue weighted by Gasteiger charge is -2.05. The normalized spacial score (nSPS) is 10.8. The molecule has 226 valence electrons. The first-order valence-electron chi connectivity index (χ1n) is 15.7. The van der Waals surface area contributed by atoms with Gasteiger partial charge in [0.05, 0.1) is 0 Å². The van der Waals surface area contributed by atoms with Gasteiger partial charge in [0.2, 0.25) is 0 Å². The Labute approximate surface area is 233 Å². The molecule has 0 saturated heterocycles. The van der Waals surface area contributed by atoms with Crippen molar-refractivity contribution in [2.45, 2.75) is 175 Å². The number of hydrogen-bond donors (Lipinski definition) is 2. The zero-order chi connectivity index (χ0) is 28.3. The molecule has 0 rings (SSSR count). The van der Waals surface area contributed by atoms with E-state index in [0.717, 1.165) is 13.2 Å². The highest BCUT2D eigenvalue weighted by Crippen LogP contribution is 2.13. The van der Waals surface area contributed by atoms with Crippen molar-refractivity contribution in [3.8, 4) is 0 Å². The van der Waals surface area contributed by atoms with Crippen LogP contribution in [0.1, 0.15) is 175 Å². The highest BCUT2D eigenvalue weighted by molar-refractivity contribution is 7.79. The summed E-state index contributed by atoms with van der Waals surface area (Å²) in [5.41, 5.74) is 0. The Balaban J connectivity index is -0.00000125. The first kappa shape index (κ1) is 41.1. The summed E-state index contributed by atoms with van der Waals surface area (Å²) >= 11 is 0. The SMILES string of the molecule is C=CC.CCCCCCCCCCCCCCOCCCCCCCCCCCCCC.O=S(=O)(O)O. The molecule has 0 saturated carbocycles. The van der Waals surface area contributed by atoms with Gasteiger partial charge in [0.15, 0.2) is 0 Å². The Bertz CT molecular complexity index is 460. The second-order valence-electron chi connectivity index (χ2n) is 10.2. The molecule has 0 aromatic heterocycles. The third kappa shape index (κ3) is 61.3. The maximum Gasteiger partial charge on any atom is 0.394 e. The lowest BCUT2D eigenvalue weighted by atomic mass is 10.1. The Kier molecular flexibility index (Phi) is 41.9. The maximum absolute atomic E-state index is 8.74. The van der Waals surface area contributed by atoms with E-state index in [1.54, 1.807) is 6.08 Å². The van der Waals surface area contributed by atoms with Crippen LogP contribution in [0.2, 0.25) is 0 Å². The second-order valence-corrected chi connectivity index (χ2v) is 11.1. The van der Waals surface area contributed by atoms with Crippen molar-refractivity contribution >= 4 is 10.4 Å². The molecule has 0 atom stereocenters. The lowest BCUT2D eigenvalue weighted by molar-refractivity contribution is 0.125. The minimum absolute atomic E-state index is 0.995. The van der Waals surface area contributed by atoms with Gasteiger partial charge in [-0.1, -0.05) is 161 Å². The van der Waals surface area contributed by atoms with Gasteiger partial charge >= 0.3 is 10.4 Å². The third-order valence-corrected chi connectivity index (χ3v) is 6.28. The largest absolute Gasteiger partial charge is 0.394 e. The summed E-state index contributed by atoms with van der Waals surface area (Å²) in [5, 5.41) is 0. The van der Waals surface area contributed by atoms with Crippen molar-refractivity contribution in [1.82, 2.24) is 0 Å². The minimum Gasteiger partial charge on any atom is -0.381 e. The molecule has 0 radical (unpaired) electrons. The Morgan fingerprint density at radius 3 is 0.865 bits per heavy atom. The van der Waals surface area contributed by atoms with Crippen molar-refractivity contribution < 1.29 is 22.3 Å². The molecular weight excluding hydrogens is 484 g/mol. The fourth-order valence-electron chi connectivity index (χ4n) is 4.19. The molecule has 0 heterocycles. The van der Waals surface area contributed by atoms with Crippen LogP contribution in [0.25, 0.3) is 0 Å². The van der Waals surface area contributed by atoms with Crippen LogP contribution in [-0.4, -0.2) is 30.7 Å². The molecule has 0 aliphatic carbocycles. The lowest BCUT2D eigenvalue weighted by Crippen LogP contribution is -1.97. The summed E-state index contributed by atoms with van der Waals surface area (Å²) in [4.78, 5) is 0. The molecule has 0 amide bonds. The number of allylic oxidation sites excluding steroid dienone is 1. The molecule has 0 aliphatic heterocycles. The van der Waals surface area contributed by atoms with Gasteiger partial charge < -0.3 is 4.74 Å². The van der Waals surface area contributed by atoms with Gasteiger partial charge in [-0.25, -0.2) is 0 Å². The zero-order valence-electron chi connectivity index (χ0n) is 25.2. The molecule has 0 spiro atoms. The predicted molar refractivity (Wildman–Crippen MR) is 163 cm³/mol. The molecule has 6 heteroatoms. The van der Waals surface area contributed by atoms with Crippen LogP contribution >= 0.6 is 0 Å². The van der Waals surface area contributed by atoms with E-state index < -0.39 is 10.4 Å². The van der Waals surface area contributed by atoms with E-state index in [1.165, 1.54) is 154 Å². The summed E-state index contributed by atoms with van der Waals surface area (Å²) < 4.78 is 37.4. The first-order chi connectivity index (χ1) is 17.8. The van der Waals surface area contributed by atoms with Crippen molar-refractivity contribution in [3.05, 3.63) is 12.7 Å². The average molecular weight is 551 g/mol. The van der Waals surface area contributed by atoms with Crippen LogP contribution in [0, 0.1) is 0 Å². The molecule has 0 fully saturated rings. The maximum atomic E-state index is 8.74. The standard InChI is InChI=1S/C28H58O.C3H6.H2O4S/c1-3-5-7-9-11-13-15-17-19-21-23-25-27-29-28-26-24-22-20-18-16-14-12-10-8-6-4-2;1-3-2;1-5(2,3)4/h3-28H2,1-2H3;3H,1H2,2H3;(H2,1,2,3,4). The molecule has 0 bridgehead atoms. The van der Waals surface area contributed by atoms with Crippen LogP contribution in [-0.2, 0) is 15.1 Å². The Hall–Kier alpha value is -0.430. The summed E-state index contributed by atoms with van der Waals surface area (Å²) in [6, 6.07) is 0. The fraction of sp³-hybridized carbons (Fsp3) is 0.935. The highest BCUT2D eigenvalue weighted by Gasteiger charge is 1.96. The monoisotopic (exact) mass is 550 g/mol. The van der Waals surface area contributed by atoms with Crippen molar-refractivity contribution in [2.75, 3.05) is 13.2 Å². The topological polar surface area (TPSA) is 83.8 Å². The van der Waals surface area contributed by atoms with Crippen molar-refractivity contribution in [1.29, 1.82) is 0 Å². The van der Waals surface area contributed by atoms with Gasteiger partial charge in [0, 0.05) is 13.2 Å². The molecular formula is C31H66O5S. The van der Waals surface area contributed by atoms with Crippen LogP contribution in [0.3, 0.4) is 0 Å². The van der Waals surface area contributed by atoms with Crippen LogP contribution < -0.4 is 0 Å². The first-order valence-corrected chi connectivity index (χ1v) is 17.1. The highest BCUT2D eigenvalue weighted by atomic mass is 32.3. The van der Waals surface area contributed by atoms with Crippen LogP contribution in [0.4, 0.5) is 0 Å². The summed E-state index contributed by atoms with van der Waals surface area (Å²) in [6.07, 6.45) is 35.8. The van der Waals surface area contributed by atoms with Gasteiger partial charge in [-0.05, 0) is 19.8 Å². The zero-order valence-corrected chi connectivity index (χ0v) is 26.0. The van der Waals surface area contributed by atoms with Gasteiger partial charge in [-0.2, -0.15) is 8.42 Å². The molecule has 0 aromatic carbocycles. The molecule has 37 heavy (non-hydrogen) atoms. The van der Waals surface area contributed by atoms with E-state index in [2.05, 4.69) is 20.4 Å². The average Bonchev–Trinajstić information content (AvgIpc) is 2.83. The second kappa shape index (κ2) is 37.7. The van der Waals surface area contributed by atoms with Gasteiger partial charge in [-0.15, -0.1) is 6.58 Å². The van der Waals surface area contributed by atoms with E-state index in [1.807, 2.05) is 6.92 Å². The number of ether oxygens (including phenoxy) is 1. The van der Waals surface area contributed by atoms with E-state index in [0.29, 0.717) is 0 Å². The quantitative estimate of drug-likeness (QED) is 0.0635. The van der Waals surface area contributed by atoms with Crippen LogP contribution in [0.15, 0.2) is 12.7 Å². The van der Waals surface area contributed by atoms with Gasteiger partial charge in [0.25, 0.3) is 0 Å². The van der Waals surface area contributed by atoms with Crippen molar-refractivity contribution in [2.24, 2.45) is 0 Å². The third-order valence-electron chi connectivity index (χ3n) is 6.28. The molecule has 5 nitrogen and oxygen atoms in total. The molecule has 0 aromatic rings. The van der Waals surface area contributed by atoms with E-state index >= 15 is 0 Å². The number of hydrogen-bond acceptors (Lipinski definition) is 3. The Morgan fingerprint density at radius 2 is 0.676 bits per heavy atom. The smallest absolute Gasteiger partial charge is 0.381 e. The Morgan fingerprint density at radius 1 is 0.514 bits per heavy atom. The predicted octanol–water partition coefficient (Wildman–Crippen LogP) is 10.9. The summed E-state index contributed by atoms with van der Waals surface area (Å²) in [7, 11) is -4.67. The van der Waals surface area contributed by atoms with E-state index in [4.69, 9.17) is 22.3 Å². The number of rotatable bonds is 26. The molecule has 2 N–H and O–H groups in total. The fourth-order valence-corrected chi connectivity index (χ4v) is 4.19.